The van der Waals surface area contributed by atoms with Gasteiger partial charge in [-0.2, -0.15) is 0 Å². The van der Waals surface area contributed by atoms with Gasteiger partial charge < -0.3 is 9.80 Å². The quantitative estimate of drug-likeness (QED) is 0.165. The predicted octanol–water partition coefficient (Wildman–Crippen LogP) is 14.7. The SMILES string of the molecule is CC(C)(C)c1c2ccc(N3c4ccccc4C(C)(C)c4ccccc43)cc2c(C(C)(C)C)c2ccc(N3C4=C(C=CCC4)C(C)(C)c4ccccc43)cc12. The summed E-state index contributed by atoms with van der Waals surface area (Å²) in [6.45, 7) is 23.9. The minimum atomic E-state index is -0.0988. The second-order valence-electron chi connectivity index (χ2n) is 19.0. The molecule has 272 valence electrons. The average Bonchev–Trinajstić information content (AvgIpc) is 3.13. The van der Waals surface area contributed by atoms with E-state index in [1.165, 1.54) is 89.1 Å². The van der Waals surface area contributed by atoms with Crippen LogP contribution >= 0.6 is 0 Å². The topological polar surface area (TPSA) is 6.48 Å². The van der Waals surface area contributed by atoms with E-state index in [0.29, 0.717) is 0 Å². The Morgan fingerprint density at radius 3 is 1.39 bits per heavy atom. The lowest BCUT2D eigenvalue weighted by Gasteiger charge is -2.44. The Kier molecular flexibility index (Phi) is 7.52. The summed E-state index contributed by atoms with van der Waals surface area (Å²) in [5.74, 6) is 0. The first-order chi connectivity index (χ1) is 25.6. The molecule has 0 saturated carbocycles. The van der Waals surface area contributed by atoms with Crippen LogP contribution in [0.4, 0.5) is 28.4 Å². The van der Waals surface area contributed by atoms with Crippen molar-refractivity contribution in [3.63, 3.8) is 0 Å². The van der Waals surface area contributed by atoms with Crippen LogP contribution in [0.2, 0.25) is 0 Å². The van der Waals surface area contributed by atoms with Crippen molar-refractivity contribution >= 4 is 50.0 Å². The van der Waals surface area contributed by atoms with Crippen molar-refractivity contribution in [1.29, 1.82) is 0 Å². The maximum absolute atomic E-state index is 2.59. The second kappa shape index (κ2) is 11.7. The molecule has 0 unspecified atom stereocenters. The molecule has 6 aromatic carbocycles. The Morgan fingerprint density at radius 2 is 0.907 bits per heavy atom. The molecule has 0 N–H and O–H groups in total. The van der Waals surface area contributed by atoms with Crippen LogP contribution in [0.15, 0.2) is 133 Å². The van der Waals surface area contributed by atoms with E-state index in [1.54, 1.807) is 0 Å². The number of rotatable bonds is 2. The number of hydrogen-bond acceptors (Lipinski definition) is 2. The molecule has 54 heavy (non-hydrogen) atoms. The van der Waals surface area contributed by atoms with Gasteiger partial charge >= 0.3 is 0 Å². The summed E-state index contributed by atoms with van der Waals surface area (Å²) in [6, 6.07) is 41.7. The molecule has 2 nitrogen and oxygen atoms in total. The number of anilines is 5. The Morgan fingerprint density at radius 1 is 0.481 bits per heavy atom. The number of allylic oxidation sites excluding steroid dienone is 4. The first-order valence-corrected chi connectivity index (χ1v) is 19.9. The van der Waals surface area contributed by atoms with Gasteiger partial charge in [0.05, 0.1) is 11.4 Å². The molecule has 6 aromatic rings. The van der Waals surface area contributed by atoms with Gasteiger partial charge in [-0.05, 0) is 121 Å². The summed E-state index contributed by atoms with van der Waals surface area (Å²) < 4.78 is 0. The lowest BCUT2D eigenvalue weighted by Crippen LogP contribution is -2.34. The third kappa shape index (κ3) is 4.98. The highest BCUT2D eigenvalue weighted by molar-refractivity contribution is 6.10. The molecule has 0 aromatic heterocycles. The van der Waals surface area contributed by atoms with Gasteiger partial charge in [-0.1, -0.05) is 148 Å². The highest BCUT2D eigenvalue weighted by Gasteiger charge is 2.40. The zero-order valence-electron chi connectivity index (χ0n) is 33.9. The van der Waals surface area contributed by atoms with Gasteiger partial charge in [0.25, 0.3) is 0 Å². The molecule has 0 amide bonds. The van der Waals surface area contributed by atoms with Crippen LogP contribution in [0.5, 0.6) is 0 Å². The molecule has 0 radical (unpaired) electrons. The molecule has 9 rings (SSSR count). The molecule has 0 atom stereocenters. The zero-order chi connectivity index (χ0) is 37.9. The van der Waals surface area contributed by atoms with Crippen molar-refractivity contribution in [1.82, 2.24) is 0 Å². The van der Waals surface area contributed by atoms with E-state index < -0.39 is 0 Å². The minimum absolute atomic E-state index is 0.0504. The third-order valence-corrected chi connectivity index (χ3v) is 12.6. The number of nitrogens with zero attached hydrogens (tertiary/aromatic N) is 2. The molecule has 2 heteroatoms. The second-order valence-corrected chi connectivity index (χ2v) is 19.0. The van der Waals surface area contributed by atoms with Crippen LogP contribution in [-0.4, -0.2) is 0 Å². The molecule has 0 saturated heterocycles. The van der Waals surface area contributed by atoms with Crippen molar-refractivity contribution in [3.8, 4) is 0 Å². The van der Waals surface area contributed by atoms with Crippen LogP contribution < -0.4 is 9.80 Å². The lowest BCUT2D eigenvalue weighted by molar-refractivity contribution is 0.593. The maximum Gasteiger partial charge on any atom is 0.0502 e. The molecular weight excluding hydrogens is 653 g/mol. The number of hydrogen-bond donors (Lipinski definition) is 0. The maximum atomic E-state index is 2.59. The number of para-hydroxylation sites is 3. The van der Waals surface area contributed by atoms with Gasteiger partial charge in [0.15, 0.2) is 0 Å². The van der Waals surface area contributed by atoms with E-state index in [-0.39, 0.29) is 21.7 Å². The smallest absolute Gasteiger partial charge is 0.0502 e. The third-order valence-electron chi connectivity index (χ3n) is 12.6. The number of benzene rings is 6. The van der Waals surface area contributed by atoms with E-state index >= 15 is 0 Å². The Bertz CT molecular complexity index is 2530. The fourth-order valence-corrected chi connectivity index (χ4v) is 10.3. The van der Waals surface area contributed by atoms with Gasteiger partial charge in [-0.25, -0.2) is 0 Å². The van der Waals surface area contributed by atoms with Crippen molar-refractivity contribution < 1.29 is 0 Å². The van der Waals surface area contributed by atoms with Crippen molar-refractivity contribution in [2.75, 3.05) is 9.80 Å². The summed E-state index contributed by atoms with van der Waals surface area (Å²) >= 11 is 0. The van der Waals surface area contributed by atoms with E-state index in [4.69, 9.17) is 0 Å². The van der Waals surface area contributed by atoms with Crippen molar-refractivity contribution in [2.24, 2.45) is 0 Å². The van der Waals surface area contributed by atoms with Crippen LogP contribution in [0.3, 0.4) is 0 Å². The van der Waals surface area contributed by atoms with E-state index in [1.807, 2.05) is 0 Å². The van der Waals surface area contributed by atoms with E-state index in [0.717, 1.165) is 12.8 Å². The summed E-state index contributed by atoms with van der Waals surface area (Å²) in [5.41, 5.74) is 15.7. The Balaban J connectivity index is 1.33. The fraction of sp³-hybridized carbons (Fsp3) is 0.308. The first-order valence-electron chi connectivity index (χ1n) is 19.9. The number of fused-ring (bicyclic) bond motifs is 5. The van der Waals surface area contributed by atoms with Crippen LogP contribution in [-0.2, 0) is 21.7 Å². The van der Waals surface area contributed by atoms with Gasteiger partial charge in [-0.15, -0.1) is 0 Å². The highest BCUT2D eigenvalue weighted by Crippen LogP contribution is 2.55. The summed E-state index contributed by atoms with van der Waals surface area (Å²) in [6.07, 6.45) is 6.87. The zero-order valence-corrected chi connectivity index (χ0v) is 33.9. The van der Waals surface area contributed by atoms with Gasteiger partial charge in [0.2, 0.25) is 0 Å². The van der Waals surface area contributed by atoms with Crippen molar-refractivity contribution in [2.45, 2.75) is 104 Å². The normalized spacial score (nSPS) is 17.4. The molecule has 0 bridgehead atoms. The predicted molar refractivity (Wildman–Crippen MR) is 233 cm³/mol. The largest absolute Gasteiger partial charge is 0.314 e. The van der Waals surface area contributed by atoms with Gasteiger partial charge in [0, 0.05) is 33.6 Å². The molecule has 2 aliphatic heterocycles. The van der Waals surface area contributed by atoms with E-state index in [2.05, 4.69) is 200 Å². The molecule has 1 aliphatic carbocycles. The van der Waals surface area contributed by atoms with Crippen LogP contribution in [0, 0.1) is 0 Å². The monoisotopic (exact) mass is 706 g/mol. The molecule has 3 aliphatic rings. The molecule has 2 heterocycles. The first kappa shape index (κ1) is 34.7. The summed E-state index contributed by atoms with van der Waals surface area (Å²) in [5, 5.41) is 5.40. The minimum Gasteiger partial charge on any atom is -0.314 e. The van der Waals surface area contributed by atoms with Crippen LogP contribution in [0.25, 0.3) is 21.5 Å². The summed E-state index contributed by atoms with van der Waals surface area (Å²) in [7, 11) is 0. The molecular formula is C52H54N2. The van der Waals surface area contributed by atoms with Crippen molar-refractivity contribution in [3.05, 3.63) is 160 Å². The Labute approximate surface area is 322 Å². The van der Waals surface area contributed by atoms with Crippen LogP contribution in [0.1, 0.15) is 110 Å². The van der Waals surface area contributed by atoms with Gasteiger partial charge in [-0.3, -0.25) is 0 Å². The fourth-order valence-electron chi connectivity index (χ4n) is 10.3. The highest BCUT2D eigenvalue weighted by atomic mass is 15.2. The standard InChI is InChI=1S/C52H54N2/c1-49(2,3)47-35-29-27-34(54-45-25-17-13-21-41(45)52(9,10)42-22-14-18-26-46(42)54)32-38(35)48(50(4,5)6)36-30-28-33(31-37(36)47)53-43-23-15-11-19-39(43)51(7,8)40-20-12-16-24-44(40)53/h11-17,19-25,27-32H,18,26H2,1-10H3. The molecule has 0 fully saturated rings. The Hall–Kier alpha value is -5.08. The van der Waals surface area contributed by atoms with E-state index in [9.17, 15) is 0 Å². The van der Waals surface area contributed by atoms with Gasteiger partial charge in [0.1, 0.15) is 0 Å². The average molecular weight is 707 g/mol. The molecule has 0 spiro atoms. The lowest BCUT2D eigenvalue weighted by atomic mass is 9.71. The summed E-state index contributed by atoms with van der Waals surface area (Å²) in [4.78, 5) is 5.09.